The van der Waals surface area contributed by atoms with Crippen LogP contribution in [0.2, 0.25) is 5.02 Å². The van der Waals surface area contributed by atoms with E-state index in [-0.39, 0.29) is 36.7 Å². The van der Waals surface area contributed by atoms with Crippen molar-refractivity contribution in [3.63, 3.8) is 0 Å². The SMILES string of the molecule is Cc1cc(Cl)cc(-c2ccnc3cc(CN4C(=O)C5CC5C4=O)sc23)c1O[C@@H]1CCNC[C@H]1F. The number of imide groups is 1. The number of hydrogen-bond donors (Lipinski definition) is 1. The maximum Gasteiger partial charge on any atom is 0.233 e. The van der Waals surface area contributed by atoms with E-state index in [0.717, 1.165) is 31.8 Å². The highest BCUT2D eigenvalue weighted by molar-refractivity contribution is 7.19. The first-order chi connectivity index (χ1) is 16.4. The van der Waals surface area contributed by atoms with Gasteiger partial charge in [-0.2, -0.15) is 0 Å². The number of likely N-dealkylation sites (tertiary alicyclic amines) is 1. The fraction of sp³-hybridized carbons (Fsp3) is 0.400. The van der Waals surface area contributed by atoms with Gasteiger partial charge in [0.2, 0.25) is 11.8 Å². The molecule has 9 heteroatoms. The van der Waals surface area contributed by atoms with Gasteiger partial charge in [0.05, 0.1) is 28.6 Å². The number of halogens is 2. The molecule has 2 saturated heterocycles. The van der Waals surface area contributed by atoms with E-state index in [9.17, 15) is 14.0 Å². The van der Waals surface area contributed by atoms with Gasteiger partial charge in [0.25, 0.3) is 0 Å². The summed E-state index contributed by atoms with van der Waals surface area (Å²) in [6.07, 6.45) is 1.37. The molecule has 0 spiro atoms. The number of hydrogen-bond acceptors (Lipinski definition) is 6. The molecule has 1 aliphatic carbocycles. The normalized spacial score (nSPS) is 26.3. The molecule has 2 aromatic heterocycles. The van der Waals surface area contributed by atoms with Crippen LogP contribution in [-0.4, -0.2) is 47.1 Å². The van der Waals surface area contributed by atoms with Gasteiger partial charge >= 0.3 is 0 Å². The van der Waals surface area contributed by atoms with Gasteiger partial charge in [0, 0.05) is 33.8 Å². The predicted octanol–water partition coefficient (Wildman–Crippen LogP) is 4.51. The van der Waals surface area contributed by atoms with E-state index in [1.807, 2.05) is 31.2 Å². The third kappa shape index (κ3) is 3.68. The van der Waals surface area contributed by atoms with Crippen molar-refractivity contribution in [3.8, 4) is 16.9 Å². The van der Waals surface area contributed by atoms with Crippen LogP contribution in [0.25, 0.3) is 21.3 Å². The second-order valence-corrected chi connectivity index (χ2v) is 10.8. The van der Waals surface area contributed by atoms with Crippen molar-refractivity contribution in [2.45, 2.75) is 38.6 Å². The molecule has 1 aromatic carbocycles. The fourth-order valence-electron chi connectivity index (χ4n) is 5.01. The summed E-state index contributed by atoms with van der Waals surface area (Å²) in [7, 11) is 0. The number of aromatic nitrogens is 1. The molecule has 2 unspecified atom stereocenters. The highest BCUT2D eigenvalue weighted by atomic mass is 35.5. The van der Waals surface area contributed by atoms with Gasteiger partial charge in [-0.3, -0.25) is 19.5 Å². The minimum absolute atomic E-state index is 0.0652. The maximum absolute atomic E-state index is 14.5. The number of fused-ring (bicyclic) bond motifs is 2. The van der Waals surface area contributed by atoms with Crippen LogP contribution in [0.15, 0.2) is 30.5 Å². The lowest BCUT2D eigenvalue weighted by atomic mass is 10.0. The van der Waals surface area contributed by atoms with Crippen molar-refractivity contribution in [1.29, 1.82) is 0 Å². The standard InChI is InChI=1S/C25H23ClFN3O3S/c1-12-6-13(26)7-16(22(12)33-21-3-4-28-10-19(21)27)15-2-5-29-20-8-14(34-23(15)20)11-30-24(31)17-9-18(17)25(30)32/h2,5-8,17-19,21,28H,3-4,9-11H2,1H3/t17?,18?,19-,21-/m1/s1. The summed E-state index contributed by atoms with van der Waals surface area (Å²) in [6, 6.07) is 7.49. The Balaban J connectivity index is 1.38. The number of rotatable bonds is 5. The summed E-state index contributed by atoms with van der Waals surface area (Å²) in [5.41, 5.74) is 3.28. The van der Waals surface area contributed by atoms with Crippen LogP contribution in [0, 0.1) is 18.8 Å². The number of nitrogens with one attached hydrogen (secondary N) is 1. The van der Waals surface area contributed by atoms with Crippen LogP contribution in [0.5, 0.6) is 5.75 Å². The number of ether oxygens (including phenoxy) is 1. The number of amides is 2. The molecule has 4 heterocycles. The van der Waals surface area contributed by atoms with Crippen molar-refractivity contribution in [2.75, 3.05) is 13.1 Å². The summed E-state index contributed by atoms with van der Waals surface area (Å²) < 4.78 is 21.7. The van der Waals surface area contributed by atoms with E-state index >= 15 is 0 Å². The highest BCUT2D eigenvalue weighted by Gasteiger charge is 2.58. The monoisotopic (exact) mass is 499 g/mol. The molecule has 4 atom stereocenters. The molecule has 2 amide bonds. The number of aryl methyl sites for hydroxylation is 1. The van der Waals surface area contributed by atoms with E-state index in [2.05, 4.69) is 10.3 Å². The van der Waals surface area contributed by atoms with E-state index in [1.54, 1.807) is 6.20 Å². The minimum atomic E-state index is -1.09. The molecular weight excluding hydrogens is 477 g/mol. The number of pyridine rings is 1. The van der Waals surface area contributed by atoms with Crippen molar-refractivity contribution >= 4 is 45.0 Å². The van der Waals surface area contributed by atoms with Crippen molar-refractivity contribution in [2.24, 2.45) is 11.8 Å². The molecule has 3 fully saturated rings. The zero-order valence-electron chi connectivity index (χ0n) is 18.5. The molecule has 0 radical (unpaired) electrons. The predicted molar refractivity (Wildman–Crippen MR) is 129 cm³/mol. The molecule has 34 heavy (non-hydrogen) atoms. The van der Waals surface area contributed by atoms with Gasteiger partial charge in [0.1, 0.15) is 18.0 Å². The summed E-state index contributed by atoms with van der Waals surface area (Å²) in [5, 5.41) is 3.62. The summed E-state index contributed by atoms with van der Waals surface area (Å²) in [4.78, 5) is 31.6. The van der Waals surface area contributed by atoms with Crippen LogP contribution >= 0.6 is 22.9 Å². The minimum Gasteiger partial charge on any atom is -0.486 e. The van der Waals surface area contributed by atoms with Crippen molar-refractivity contribution in [1.82, 2.24) is 15.2 Å². The van der Waals surface area contributed by atoms with Gasteiger partial charge in [-0.05, 0) is 56.1 Å². The first-order valence-electron chi connectivity index (χ1n) is 11.5. The van der Waals surface area contributed by atoms with Gasteiger partial charge in [-0.15, -0.1) is 11.3 Å². The third-order valence-corrected chi connectivity index (χ3v) is 8.24. The molecule has 176 valence electrons. The van der Waals surface area contributed by atoms with E-state index in [4.69, 9.17) is 16.3 Å². The lowest BCUT2D eigenvalue weighted by Crippen LogP contribution is -2.44. The number of piperidine rings is 2. The van der Waals surface area contributed by atoms with Crippen LogP contribution in [0.1, 0.15) is 23.3 Å². The Morgan fingerprint density at radius 1 is 1.24 bits per heavy atom. The quantitative estimate of drug-likeness (QED) is 0.523. The Morgan fingerprint density at radius 2 is 2.03 bits per heavy atom. The first-order valence-corrected chi connectivity index (χ1v) is 12.6. The Hall–Kier alpha value is -2.55. The smallest absolute Gasteiger partial charge is 0.233 e. The largest absolute Gasteiger partial charge is 0.486 e. The second-order valence-electron chi connectivity index (χ2n) is 9.26. The summed E-state index contributed by atoms with van der Waals surface area (Å²) in [6.45, 7) is 3.15. The average molecular weight is 500 g/mol. The topological polar surface area (TPSA) is 71.5 Å². The van der Waals surface area contributed by atoms with E-state index in [1.165, 1.54) is 16.2 Å². The third-order valence-electron chi connectivity index (χ3n) is 6.88. The number of thiophene rings is 1. The Bertz CT molecular complexity index is 1310. The van der Waals surface area contributed by atoms with Crippen molar-refractivity contribution in [3.05, 3.63) is 45.9 Å². The summed E-state index contributed by atoms with van der Waals surface area (Å²) >= 11 is 7.93. The lowest BCUT2D eigenvalue weighted by molar-refractivity contribution is -0.141. The molecule has 3 aromatic rings. The molecular formula is C25H23ClFN3O3S. The molecule has 6 rings (SSSR count). The highest BCUT2D eigenvalue weighted by Crippen LogP contribution is 2.48. The summed E-state index contributed by atoms with van der Waals surface area (Å²) in [5.74, 6) is 0.263. The maximum atomic E-state index is 14.5. The zero-order chi connectivity index (χ0) is 23.6. The first kappa shape index (κ1) is 21.9. The molecule has 6 nitrogen and oxygen atoms in total. The van der Waals surface area contributed by atoms with E-state index < -0.39 is 12.3 Å². The number of nitrogens with zero attached hydrogens (tertiary/aromatic N) is 2. The Morgan fingerprint density at radius 3 is 2.79 bits per heavy atom. The Kier molecular flexibility index (Phi) is 5.35. The van der Waals surface area contributed by atoms with Crippen LogP contribution in [0.3, 0.4) is 0 Å². The van der Waals surface area contributed by atoms with Crippen LogP contribution in [0.4, 0.5) is 4.39 Å². The number of benzene rings is 1. The lowest BCUT2D eigenvalue weighted by Gasteiger charge is -2.29. The number of carbonyl (C=O) groups is 2. The van der Waals surface area contributed by atoms with Gasteiger partial charge < -0.3 is 10.1 Å². The van der Waals surface area contributed by atoms with Gasteiger partial charge in [-0.1, -0.05) is 11.6 Å². The molecule has 3 aliphatic rings. The second kappa shape index (κ2) is 8.29. The van der Waals surface area contributed by atoms with E-state index in [0.29, 0.717) is 30.2 Å². The molecule has 1 saturated carbocycles. The number of carbonyl (C=O) groups excluding carboxylic acids is 2. The molecule has 1 N–H and O–H groups in total. The Labute approximate surface area is 205 Å². The fourth-order valence-corrected chi connectivity index (χ4v) is 6.41. The van der Waals surface area contributed by atoms with Gasteiger partial charge in [-0.25, -0.2) is 4.39 Å². The number of alkyl halides is 1. The molecule has 2 aliphatic heterocycles. The van der Waals surface area contributed by atoms with Crippen LogP contribution < -0.4 is 10.1 Å². The van der Waals surface area contributed by atoms with Crippen molar-refractivity contribution < 1.29 is 18.7 Å². The average Bonchev–Trinajstić information content (AvgIpc) is 3.45. The zero-order valence-corrected chi connectivity index (χ0v) is 20.1. The van der Waals surface area contributed by atoms with Gasteiger partial charge in [0.15, 0.2) is 0 Å². The van der Waals surface area contributed by atoms with Crippen LogP contribution in [-0.2, 0) is 16.1 Å². The molecule has 0 bridgehead atoms.